The summed E-state index contributed by atoms with van der Waals surface area (Å²) in [6.45, 7) is 1.54. The van der Waals surface area contributed by atoms with E-state index in [-0.39, 0.29) is 17.4 Å². The number of nitrogens with one attached hydrogen (secondary N) is 1. The van der Waals surface area contributed by atoms with Crippen LogP contribution in [0.2, 0.25) is 0 Å². The Kier molecular flexibility index (Phi) is 4.27. The van der Waals surface area contributed by atoms with Gasteiger partial charge in [-0.25, -0.2) is 0 Å². The van der Waals surface area contributed by atoms with Gasteiger partial charge in [0.25, 0.3) is 5.91 Å². The van der Waals surface area contributed by atoms with E-state index in [0.29, 0.717) is 0 Å². The first-order chi connectivity index (χ1) is 9.75. The molecule has 3 nitrogen and oxygen atoms in total. The molecule has 20 heavy (non-hydrogen) atoms. The zero-order valence-corrected chi connectivity index (χ0v) is 12.3. The van der Waals surface area contributed by atoms with Gasteiger partial charge in [-0.2, -0.15) is 0 Å². The van der Waals surface area contributed by atoms with Gasteiger partial charge in [0.05, 0.1) is 11.5 Å². The number of halogens is 1. The highest BCUT2D eigenvalue weighted by molar-refractivity contribution is 6.21. The fourth-order valence-electron chi connectivity index (χ4n) is 2.98. The lowest BCUT2D eigenvalue weighted by molar-refractivity contribution is 0.0135. The number of carbonyl (C=O) groups is 1. The Labute approximate surface area is 124 Å². The molecule has 1 aromatic rings. The Bertz CT molecular complexity index is 497. The van der Waals surface area contributed by atoms with Crippen LogP contribution >= 0.6 is 11.6 Å². The molecular weight excluding hydrogens is 274 g/mol. The molecule has 2 heterocycles. The lowest BCUT2D eigenvalue weighted by atomic mass is 9.95. The molecule has 3 rings (SSSR count). The predicted molar refractivity (Wildman–Crippen MR) is 79.3 cm³/mol. The lowest BCUT2D eigenvalue weighted by Gasteiger charge is -2.27. The van der Waals surface area contributed by atoms with Gasteiger partial charge in [0, 0.05) is 18.7 Å². The summed E-state index contributed by atoms with van der Waals surface area (Å²) in [4.78, 5) is 12.1. The topological polar surface area (TPSA) is 38.3 Å². The van der Waals surface area contributed by atoms with Crippen LogP contribution in [0.15, 0.2) is 18.2 Å². The van der Waals surface area contributed by atoms with Gasteiger partial charge >= 0.3 is 0 Å². The maximum atomic E-state index is 12.1. The Morgan fingerprint density at radius 3 is 3.00 bits per heavy atom. The van der Waals surface area contributed by atoms with E-state index in [0.717, 1.165) is 55.5 Å². The molecule has 4 heteroatoms. The van der Waals surface area contributed by atoms with Gasteiger partial charge in [-0.1, -0.05) is 12.1 Å². The van der Waals surface area contributed by atoms with Crippen LogP contribution in [0, 0.1) is 0 Å². The molecule has 0 aromatic heterocycles. The molecule has 2 unspecified atom stereocenters. The summed E-state index contributed by atoms with van der Waals surface area (Å²) in [5.74, 6) is 0.0211. The summed E-state index contributed by atoms with van der Waals surface area (Å²) >= 11 is 6.56. The van der Waals surface area contributed by atoms with Crippen molar-refractivity contribution >= 4 is 17.5 Å². The third kappa shape index (κ3) is 2.84. The number of rotatable bonds is 2. The minimum atomic E-state index is -0.170. The van der Waals surface area contributed by atoms with Crippen LogP contribution in [0.4, 0.5) is 0 Å². The van der Waals surface area contributed by atoms with Crippen LogP contribution < -0.4 is 5.32 Å². The molecule has 2 atom stereocenters. The van der Waals surface area contributed by atoms with E-state index < -0.39 is 0 Å². The first-order valence-electron chi connectivity index (χ1n) is 7.42. The van der Waals surface area contributed by atoms with E-state index in [4.69, 9.17) is 16.3 Å². The number of carbonyl (C=O) groups excluding carboxylic acids is 1. The fourth-order valence-corrected chi connectivity index (χ4v) is 3.32. The quantitative estimate of drug-likeness (QED) is 0.850. The number of aryl methyl sites for hydroxylation is 1. The largest absolute Gasteiger partial charge is 0.376 e. The summed E-state index contributed by atoms with van der Waals surface area (Å²) in [5.41, 5.74) is 2.90. The molecule has 2 aliphatic heterocycles. The molecule has 1 N–H and O–H groups in total. The SMILES string of the molecule is O=C1NCCCc2ccc(C(Cl)C3CCCCO3)cc21. The minimum Gasteiger partial charge on any atom is -0.376 e. The first-order valence-corrected chi connectivity index (χ1v) is 7.86. The van der Waals surface area contributed by atoms with Crippen molar-refractivity contribution in [1.82, 2.24) is 5.32 Å². The predicted octanol–water partition coefficient (Wildman–Crippen LogP) is 3.21. The smallest absolute Gasteiger partial charge is 0.251 e. The van der Waals surface area contributed by atoms with Crippen molar-refractivity contribution in [3.63, 3.8) is 0 Å². The van der Waals surface area contributed by atoms with Crippen molar-refractivity contribution in [2.45, 2.75) is 43.6 Å². The monoisotopic (exact) mass is 293 g/mol. The molecule has 0 spiro atoms. The maximum Gasteiger partial charge on any atom is 0.251 e. The molecule has 0 saturated carbocycles. The first kappa shape index (κ1) is 13.9. The van der Waals surface area contributed by atoms with Crippen molar-refractivity contribution < 1.29 is 9.53 Å². The highest BCUT2D eigenvalue weighted by Gasteiger charge is 2.25. The Morgan fingerprint density at radius 2 is 2.20 bits per heavy atom. The standard InChI is InChI=1S/C16H20ClNO2/c17-15(14-5-1-2-9-20-14)12-7-6-11-4-3-8-18-16(19)13(11)10-12/h6-7,10,14-15H,1-5,8-9H2,(H,18,19). The number of hydrogen-bond acceptors (Lipinski definition) is 2. The molecule has 108 valence electrons. The van der Waals surface area contributed by atoms with Crippen LogP contribution in [0.5, 0.6) is 0 Å². The van der Waals surface area contributed by atoms with Crippen LogP contribution in [-0.2, 0) is 11.2 Å². The van der Waals surface area contributed by atoms with Crippen molar-refractivity contribution in [2.24, 2.45) is 0 Å². The number of ether oxygens (including phenoxy) is 1. The zero-order valence-electron chi connectivity index (χ0n) is 11.5. The summed E-state index contributed by atoms with van der Waals surface area (Å²) < 4.78 is 5.76. The molecule has 1 amide bonds. The van der Waals surface area contributed by atoms with E-state index >= 15 is 0 Å². The Hall–Kier alpha value is -1.06. The average Bonchev–Trinajstić information content (AvgIpc) is 2.69. The normalized spacial score (nSPS) is 24.4. The molecule has 1 fully saturated rings. The van der Waals surface area contributed by atoms with Crippen molar-refractivity contribution in [3.8, 4) is 0 Å². The molecule has 0 bridgehead atoms. The third-order valence-electron chi connectivity index (χ3n) is 4.15. The van der Waals surface area contributed by atoms with Crippen LogP contribution in [0.3, 0.4) is 0 Å². The molecule has 1 saturated heterocycles. The maximum absolute atomic E-state index is 12.1. The van der Waals surface area contributed by atoms with Gasteiger partial charge in [-0.3, -0.25) is 4.79 Å². The van der Waals surface area contributed by atoms with Gasteiger partial charge in [0.15, 0.2) is 0 Å². The highest BCUT2D eigenvalue weighted by atomic mass is 35.5. The molecular formula is C16H20ClNO2. The summed E-state index contributed by atoms with van der Waals surface area (Å²) in [7, 11) is 0. The van der Waals surface area contributed by atoms with Gasteiger partial charge < -0.3 is 10.1 Å². The van der Waals surface area contributed by atoms with Crippen LogP contribution in [0.25, 0.3) is 0 Å². The number of hydrogen-bond donors (Lipinski definition) is 1. The van der Waals surface area contributed by atoms with Gasteiger partial charge in [-0.15, -0.1) is 11.6 Å². The van der Waals surface area contributed by atoms with Crippen molar-refractivity contribution in [2.75, 3.05) is 13.2 Å². The highest BCUT2D eigenvalue weighted by Crippen LogP contribution is 2.33. The molecule has 2 aliphatic rings. The Morgan fingerprint density at radius 1 is 1.30 bits per heavy atom. The van der Waals surface area contributed by atoms with E-state index in [9.17, 15) is 4.79 Å². The molecule has 0 radical (unpaired) electrons. The second kappa shape index (κ2) is 6.15. The van der Waals surface area contributed by atoms with Gasteiger partial charge in [0.2, 0.25) is 0 Å². The van der Waals surface area contributed by atoms with Gasteiger partial charge in [0.1, 0.15) is 0 Å². The number of benzene rings is 1. The number of alkyl halides is 1. The van der Waals surface area contributed by atoms with E-state index in [2.05, 4.69) is 5.32 Å². The second-order valence-corrected chi connectivity index (χ2v) is 6.05. The van der Waals surface area contributed by atoms with Crippen LogP contribution in [-0.4, -0.2) is 25.2 Å². The minimum absolute atomic E-state index is 0.0211. The van der Waals surface area contributed by atoms with E-state index in [1.165, 1.54) is 6.42 Å². The molecule has 1 aromatic carbocycles. The van der Waals surface area contributed by atoms with Gasteiger partial charge in [-0.05, 0) is 49.3 Å². The van der Waals surface area contributed by atoms with Crippen LogP contribution in [0.1, 0.15) is 52.5 Å². The Balaban J connectivity index is 1.85. The molecule has 0 aliphatic carbocycles. The average molecular weight is 294 g/mol. The number of fused-ring (bicyclic) bond motifs is 1. The fraction of sp³-hybridized carbons (Fsp3) is 0.562. The van der Waals surface area contributed by atoms with E-state index in [1.807, 2.05) is 18.2 Å². The van der Waals surface area contributed by atoms with Crippen molar-refractivity contribution in [1.29, 1.82) is 0 Å². The lowest BCUT2D eigenvalue weighted by Crippen LogP contribution is -2.25. The summed E-state index contributed by atoms with van der Waals surface area (Å²) in [5, 5.41) is 2.76. The zero-order chi connectivity index (χ0) is 13.9. The second-order valence-electron chi connectivity index (χ2n) is 5.58. The van der Waals surface area contributed by atoms with E-state index in [1.54, 1.807) is 0 Å². The van der Waals surface area contributed by atoms with Crippen molar-refractivity contribution in [3.05, 3.63) is 34.9 Å². The number of amides is 1. The summed E-state index contributed by atoms with van der Waals surface area (Å²) in [6.07, 6.45) is 5.29. The third-order valence-corrected chi connectivity index (χ3v) is 4.68. The summed E-state index contributed by atoms with van der Waals surface area (Å²) in [6, 6.07) is 6.05.